The summed E-state index contributed by atoms with van der Waals surface area (Å²) in [6.07, 6.45) is 1.04. The van der Waals surface area contributed by atoms with Crippen molar-refractivity contribution in [2.45, 2.75) is 44.9 Å². The van der Waals surface area contributed by atoms with Gasteiger partial charge in [0.05, 0.1) is 4.90 Å². The molecule has 1 fully saturated rings. The van der Waals surface area contributed by atoms with Gasteiger partial charge in [0, 0.05) is 24.3 Å². The van der Waals surface area contributed by atoms with Crippen molar-refractivity contribution < 1.29 is 13.2 Å². The van der Waals surface area contributed by atoms with Gasteiger partial charge in [-0.3, -0.25) is 4.79 Å². The SMILES string of the molecule is CC1CC(C)CN(S(=O)(=O)c2ccc(C(=O)Nc3ccc(C(C)C)cc3)cc2)C1. The zero-order valence-corrected chi connectivity index (χ0v) is 18.4. The normalized spacial score (nSPS) is 20.6. The van der Waals surface area contributed by atoms with Crippen molar-refractivity contribution in [3.63, 3.8) is 0 Å². The number of hydrogen-bond acceptors (Lipinski definition) is 3. The maximum absolute atomic E-state index is 13.0. The van der Waals surface area contributed by atoms with Crippen LogP contribution in [0.1, 0.15) is 56.0 Å². The summed E-state index contributed by atoms with van der Waals surface area (Å²) in [5.41, 5.74) is 2.35. The third-order valence-corrected chi connectivity index (χ3v) is 7.27. The van der Waals surface area contributed by atoms with E-state index in [9.17, 15) is 13.2 Å². The molecule has 1 saturated heterocycles. The Labute approximate surface area is 174 Å². The fraction of sp³-hybridized carbons (Fsp3) is 0.435. The number of nitrogens with one attached hydrogen (secondary N) is 1. The molecule has 29 heavy (non-hydrogen) atoms. The third-order valence-electron chi connectivity index (χ3n) is 5.42. The van der Waals surface area contributed by atoms with E-state index in [1.807, 2.05) is 24.3 Å². The van der Waals surface area contributed by atoms with E-state index in [1.165, 1.54) is 17.7 Å². The van der Waals surface area contributed by atoms with Crippen molar-refractivity contribution in [2.75, 3.05) is 18.4 Å². The number of amides is 1. The second-order valence-corrected chi connectivity index (χ2v) is 10.5. The lowest BCUT2D eigenvalue weighted by Crippen LogP contribution is -2.42. The van der Waals surface area contributed by atoms with E-state index in [4.69, 9.17) is 0 Å². The van der Waals surface area contributed by atoms with Gasteiger partial charge >= 0.3 is 0 Å². The number of anilines is 1. The van der Waals surface area contributed by atoms with Gasteiger partial charge < -0.3 is 5.32 Å². The number of nitrogens with zero attached hydrogens (tertiary/aromatic N) is 1. The van der Waals surface area contributed by atoms with E-state index >= 15 is 0 Å². The van der Waals surface area contributed by atoms with Crippen LogP contribution in [0.3, 0.4) is 0 Å². The molecule has 3 rings (SSSR count). The second-order valence-electron chi connectivity index (χ2n) is 8.52. The summed E-state index contributed by atoms with van der Waals surface area (Å²) in [6, 6.07) is 13.9. The zero-order chi connectivity index (χ0) is 21.2. The van der Waals surface area contributed by atoms with Crippen molar-refractivity contribution in [3.8, 4) is 0 Å². The first-order valence-corrected chi connectivity index (χ1v) is 11.6. The molecule has 0 saturated carbocycles. The Morgan fingerprint density at radius 1 is 0.966 bits per heavy atom. The molecule has 1 N–H and O–H groups in total. The van der Waals surface area contributed by atoms with E-state index in [2.05, 4.69) is 33.0 Å². The van der Waals surface area contributed by atoms with Crippen LogP contribution in [0.5, 0.6) is 0 Å². The molecule has 1 heterocycles. The largest absolute Gasteiger partial charge is 0.322 e. The standard InChI is InChI=1S/C23H30N2O3S/c1-16(2)19-5-9-21(10-6-19)24-23(26)20-7-11-22(12-8-20)29(27,28)25-14-17(3)13-18(4)15-25/h5-12,16-18H,13-15H2,1-4H3,(H,24,26). The van der Waals surface area contributed by atoms with Gasteiger partial charge in [0.1, 0.15) is 0 Å². The molecule has 2 unspecified atom stereocenters. The van der Waals surface area contributed by atoms with Crippen LogP contribution in [0.25, 0.3) is 0 Å². The Kier molecular flexibility index (Phi) is 6.44. The van der Waals surface area contributed by atoms with Gasteiger partial charge in [0.25, 0.3) is 5.91 Å². The van der Waals surface area contributed by atoms with Gasteiger partial charge in [0.2, 0.25) is 10.0 Å². The molecular weight excluding hydrogens is 384 g/mol. The average Bonchev–Trinajstić information content (AvgIpc) is 2.67. The molecule has 5 nitrogen and oxygen atoms in total. The highest BCUT2D eigenvalue weighted by molar-refractivity contribution is 7.89. The summed E-state index contributed by atoms with van der Waals surface area (Å²) in [7, 11) is -3.54. The van der Waals surface area contributed by atoms with Crippen LogP contribution in [0.4, 0.5) is 5.69 Å². The minimum Gasteiger partial charge on any atom is -0.322 e. The van der Waals surface area contributed by atoms with Gasteiger partial charge in [0.15, 0.2) is 0 Å². The van der Waals surface area contributed by atoms with Crippen LogP contribution < -0.4 is 5.32 Å². The van der Waals surface area contributed by atoms with E-state index in [0.29, 0.717) is 42.1 Å². The highest BCUT2D eigenvalue weighted by atomic mass is 32.2. The first-order valence-electron chi connectivity index (χ1n) is 10.2. The average molecular weight is 415 g/mol. The van der Waals surface area contributed by atoms with Crippen LogP contribution in [-0.2, 0) is 10.0 Å². The summed E-state index contributed by atoms with van der Waals surface area (Å²) in [5.74, 6) is 0.868. The number of carbonyl (C=O) groups is 1. The highest BCUT2D eigenvalue weighted by Gasteiger charge is 2.31. The number of rotatable bonds is 5. The molecular formula is C23H30N2O3S. The van der Waals surface area contributed by atoms with Crippen molar-refractivity contribution >= 4 is 21.6 Å². The van der Waals surface area contributed by atoms with Crippen LogP contribution in [0.15, 0.2) is 53.4 Å². The lowest BCUT2D eigenvalue weighted by molar-refractivity contribution is 0.102. The number of benzene rings is 2. The van der Waals surface area contributed by atoms with Crippen LogP contribution in [-0.4, -0.2) is 31.7 Å². The molecule has 6 heteroatoms. The Morgan fingerprint density at radius 3 is 2.03 bits per heavy atom. The number of carbonyl (C=O) groups excluding carboxylic acids is 1. The molecule has 0 aromatic heterocycles. The fourth-order valence-electron chi connectivity index (χ4n) is 3.88. The minimum atomic E-state index is -3.54. The van der Waals surface area contributed by atoms with Gasteiger partial charge in [-0.15, -0.1) is 0 Å². The molecule has 0 bridgehead atoms. The summed E-state index contributed by atoms with van der Waals surface area (Å²) in [4.78, 5) is 12.7. The van der Waals surface area contributed by atoms with Crippen LogP contribution in [0.2, 0.25) is 0 Å². The fourth-order valence-corrected chi connectivity index (χ4v) is 5.56. The van der Waals surface area contributed by atoms with Gasteiger partial charge in [-0.05, 0) is 66.1 Å². The molecule has 2 atom stereocenters. The number of sulfonamides is 1. The predicted octanol–water partition coefficient (Wildman–Crippen LogP) is 4.73. The quantitative estimate of drug-likeness (QED) is 0.769. The van der Waals surface area contributed by atoms with E-state index in [0.717, 1.165) is 6.42 Å². The van der Waals surface area contributed by atoms with Crippen molar-refractivity contribution in [1.29, 1.82) is 0 Å². The lowest BCUT2D eigenvalue weighted by Gasteiger charge is -2.34. The van der Waals surface area contributed by atoms with Crippen molar-refractivity contribution in [2.24, 2.45) is 11.8 Å². The monoisotopic (exact) mass is 414 g/mol. The van der Waals surface area contributed by atoms with Gasteiger partial charge in [-0.1, -0.05) is 39.8 Å². The third kappa shape index (κ3) is 5.06. The zero-order valence-electron chi connectivity index (χ0n) is 17.6. The summed E-state index contributed by atoms with van der Waals surface area (Å²) >= 11 is 0. The van der Waals surface area contributed by atoms with Crippen molar-refractivity contribution in [1.82, 2.24) is 4.31 Å². The Morgan fingerprint density at radius 2 is 1.52 bits per heavy atom. The predicted molar refractivity (Wildman–Crippen MR) is 117 cm³/mol. The molecule has 0 aliphatic carbocycles. The molecule has 2 aromatic carbocycles. The Bertz CT molecular complexity index is 941. The second kappa shape index (κ2) is 8.67. The maximum atomic E-state index is 13.0. The van der Waals surface area contributed by atoms with E-state index < -0.39 is 10.0 Å². The van der Waals surface area contributed by atoms with E-state index in [-0.39, 0.29) is 10.8 Å². The van der Waals surface area contributed by atoms with Crippen LogP contribution >= 0.6 is 0 Å². The Hall–Kier alpha value is -2.18. The van der Waals surface area contributed by atoms with Gasteiger partial charge in [-0.2, -0.15) is 4.31 Å². The number of piperidine rings is 1. The molecule has 1 amide bonds. The first-order chi connectivity index (χ1) is 13.7. The summed E-state index contributed by atoms with van der Waals surface area (Å²) in [5, 5.41) is 2.86. The topological polar surface area (TPSA) is 66.5 Å². The van der Waals surface area contributed by atoms with Crippen LogP contribution in [0, 0.1) is 11.8 Å². The first kappa shape index (κ1) is 21.5. The van der Waals surface area contributed by atoms with Gasteiger partial charge in [-0.25, -0.2) is 8.42 Å². The summed E-state index contributed by atoms with van der Waals surface area (Å²) < 4.78 is 27.5. The van der Waals surface area contributed by atoms with Crippen molar-refractivity contribution in [3.05, 3.63) is 59.7 Å². The molecule has 0 radical (unpaired) electrons. The minimum absolute atomic E-state index is 0.233. The molecule has 1 aliphatic rings. The molecule has 1 aliphatic heterocycles. The molecule has 156 valence electrons. The molecule has 2 aromatic rings. The Balaban J connectivity index is 1.71. The smallest absolute Gasteiger partial charge is 0.255 e. The highest BCUT2D eigenvalue weighted by Crippen LogP contribution is 2.27. The summed E-state index contributed by atoms with van der Waals surface area (Å²) in [6.45, 7) is 9.49. The number of hydrogen-bond donors (Lipinski definition) is 1. The molecule has 0 spiro atoms. The lowest BCUT2D eigenvalue weighted by atomic mass is 9.94. The maximum Gasteiger partial charge on any atom is 0.255 e. The van der Waals surface area contributed by atoms with E-state index in [1.54, 1.807) is 16.4 Å².